The molecule has 0 amide bonds. The molecule has 2 heteroatoms. The maximum absolute atomic E-state index is 13.0. The van der Waals surface area contributed by atoms with Crippen LogP contribution in [-0.4, -0.2) is 19.0 Å². The van der Waals surface area contributed by atoms with Gasteiger partial charge in [-0.15, -0.1) is 0 Å². The molecule has 0 spiro atoms. The zero-order chi connectivity index (χ0) is 24.2. The van der Waals surface area contributed by atoms with Crippen LogP contribution in [0.2, 0.25) is 0 Å². The minimum Gasteiger partial charge on any atom is -0.377 e. The Morgan fingerprint density at radius 1 is 0.879 bits per heavy atom. The number of carbonyl (C=O) groups excluding carboxylic acids is 1. The summed E-state index contributed by atoms with van der Waals surface area (Å²) >= 11 is 0. The fraction of sp³-hybridized carbons (Fsp3) is 0.903. The van der Waals surface area contributed by atoms with E-state index in [0.29, 0.717) is 34.4 Å². The molecule has 8 atom stereocenters. The van der Waals surface area contributed by atoms with E-state index in [-0.39, 0.29) is 27.8 Å². The van der Waals surface area contributed by atoms with Gasteiger partial charge in [-0.3, -0.25) is 4.79 Å². The number of rotatable bonds is 1. The Kier molecular flexibility index (Phi) is 5.10. The molecule has 4 saturated carbocycles. The zero-order valence-corrected chi connectivity index (χ0v) is 23.1. The third kappa shape index (κ3) is 2.98. The number of carbonyl (C=O) groups is 1. The summed E-state index contributed by atoms with van der Waals surface area (Å²) in [6.07, 6.45) is 13.7. The molecule has 0 radical (unpaired) electrons. The maximum atomic E-state index is 13.0. The van der Waals surface area contributed by atoms with Crippen molar-refractivity contribution in [2.24, 2.45) is 50.2 Å². The molecule has 0 aromatic heterocycles. The highest BCUT2D eigenvalue weighted by Crippen LogP contribution is 2.75. The smallest absolute Gasteiger partial charge is 0.138 e. The van der Waals surface area contributed by atoms with Gasteiger partial charge in [0.25, 0.3) is 0 Å². The summed E-state index contributed by atoms with van der Waals surface area (Å²) < 4.78 is 6.43. The summed E-state index contributed by atoms with van der Waals surface area (Å²) in [6, 6.07) is 0. The number of ether oxygens (including phenoxy) is 1. The van der Waals surface area contributed by atoms with Crippen LogP contribution in [0.15, 0.2) is 11.6 Å². The van der Waals surface area contributed by atoms with Crippen molar-refractivity contribution < 1.29 is 9.53 Å². The van der Waals surface area contributed by atoms with Crippen LogP contribution in [0, 0.1) is 50.2 Å². The quantitative estimate of drug-likeness (QED) is 0.375. The van der Waals surface area contributed by atoms with Crippen LogP contribution >= 0.6 is 0 Å². The number of ketones is 1. The summed E-state index contributed by atoms with van der Waals surface area (Å²) in [6.45, 7) is 19.9. The second-order valence-electron chi connectivity index (χ2n) is 15.4. The van der Waals surface area contributed by atoms with Crippen LogP contribution in [0.1, 0.15) is 113 Å². The van der Waals surface area contributed by atoms with Gasteiger partial charge >= 0.3 is 0 Å². The summed E-state index contributed by atoms with van der Waals surface area (Å²) in [5.74, 6) is 2.11. The van der Waals surface area contributed by atoms with Crippen molar-refractivity contribution in [3.63, 3.8) is 0 Å². The third-order valence-corrected chi connectivity index (χ3v) is 13.0. The molecule has 4 fully saturated rings. The lowest BCUT2D eigenvalue weighted by Crippen LogP contribution is -2.67. The second-order valence-corrected chi connectivity index (χ2v) is 15.4. The molecule has 0 unspecified atom stereocenters. The lowest BCUT2D eigenvalue weighted by Gasteiger charge is -2.71. The largest absolute Gasteiger partial charge is 0.377 e. The molecule has 186 valence electrons. The van der Waals surface area contributed by atoms with Gasteiger partial charge in [-0.05, 0) is 90.3 Å². The summed E-state index contributed by atoms with van der Waals surface area (Å²) in [5.41, 5.74) is 3.04. The van der Waals surface area contributed by atoms with Crippen molar-refractivity contribution in [1.82, 2.24) is 0 Å². The highest BCUT2D eigenvalue weighted by atomic mass is 16.5. The summed E-state index contributed by atoms with van der Waals surface area (Å²) in [5, 5.41) is 0. The Hall–Kier alpha value is -0.630. The molecule has 33 heavy (non-hydrogen) atoms. The number of hydrogen-bond acceptors (Lipinski definition) is 2. The van der Waals surface area contributed by atoms with E-state index in [2.05, 4.69) is 61.5 Å². The van der Waals surface area contributed by atoms with Gasteiger partial charge in [-0.25, -0.2) is 0 Å². The van der Waals surface area contributed by atoms with Crippen molar-refractivity contribution in [2.75, 3.05) is 7.11 Å². The topological polar surface area (TPSA) is 26.3 Å². The van der Waals surface area contributed by atoms with E-state index < -0.39 is 0 Å². The lowest BCUT2D eigenvalue weighted by atomic mass is 9.33. The average Bonchev–Trinajstić information content (AvgIpc) is 2.72. The van der Waals surface area contributed by atoms with E-state index in [1.165, 1.54) is 44.9 Å². The first kappa shape index (κ1) is 24.1. The molecule has 0 aromatic rings. The van der Waals surface area contributed by atoms with Gasteiger partial charge in [0.2, 0.25) is 0 Å². The molecule has 5 aliphatic carbocycles. The van der Waals surface area contributed by atoms with E-state index in [0.717, 1.165) is 12.8 Å². The van der Waals surface area contributed by atoms with Gasteiger partial charge in [0.1, 0.15) is 5.78 Å². The predicted octanol–water partition coefficient (Wildman–Crippen LogP) is 8.00. The first-order valence-corrected chi connectivity index (χ1v) is 13.9. The Labute approximate surface area is 203 Å². The number of hydrogen-bond donors (Lipinski definition) is 0. The van der Waals surface area contributed by atoms with Crippen molar-refractivity contribution in [1.29, 1.82) is 0 Å². The first-order valence-electron chi connectivity index (χ1n) is 13.9. The van der Waals surface area contributed by atoms with Crippen molar-refractivity contribution in [3.05, 3.63) is 11.6 Å². The monoisotopic (exact) mass is 454 g/mol. The third-order valence-electron chi connectivity index (χ3n) is 13.0. The van der Waals surface area contributed by atoms with Gasteiger partial charge in [-0.1, -0.05) is 67.0 Å². The minimum absolute atomic E-state index is 0.155. The Morgan fingerprint density at radius 3 is 2.21 bits per heavy atom. The number of Topliss-reactive ketones (excluding diaryl/α,β-unsaturated/α-hetero) is 1. The normalized spacial score (nSPS) is 52.6. The van der Waals surface area contributed by atoms with Gasteiger partial charge in [0, 0.05) is 24.9 Å². The molecule has 5 rings (SSSR count). The van der Waals surface area contributed by atoms with Crippen LogP contribution in [0.25, 0.3) is 0 Å². The average molecular weight is 455 g/mol. The Bertz CT molecular complexity index is 881. The SMILES string of the molecule is CO[C@@H]1C=C2[C@@H]3CC(C)(C)CC[C@]3(C)CC[C@@]2(C)[C@]2(C)CC[C@H]3C(C)(C)C(=O)CC[C@]3(C)[C@@H]12. The van der Waals surface area contributed by atoms with Gasteiger partial charge in [-0.2, -0.15) is 0 Å². The van der Waals surface area contributed by atoms with Crippen molar-refractivity contribution in [2.45, 2.75) is 119 Å². The Morgan fingerprint density at radius 2 is 1.55 bits per heavy atom. The van der Waals surface area contributed by atoms with Gasteiger partial charge in [0.05, 0.1) is 6.10 Å². The number of methoxy groups -OCH3 is 1. The summed E-state index contributed by atoms with van der Waals surface area (Å²) in [4.78, 5) is 13.0. The molecule has 0 saturated heterocycles. The molecule has 0 heterocycles. The van der Waals surface area contributed by atoms with Crippen molar-refractivity contribution in [3.8, 4) is 0 Å². The van der Waals surface area contributed by atoms with E-state index in [4.69, 9.17) is 4.74 Å². The van der Waals surface area contributed by atoms with E-state index in [1.807, 2.05) is 7.11 Å². The Balaban J connectivity index is 1.65. The van der Waals surface area contributed by atoms with Crippen LogP contribution in [-0.2, 0) is 9.53 Å². The van der Waals surface area contributed by atoms with Gasteiger partial charge in [0.15, 0.2) is 0 Å². The molecule has 0 N–H and O–H groups in total. The number of allylic oxidation sites excluding steroid dienone is 1. The predicted molar refractivity (Wildman–Crippen MR) is 136 cm³/mol. The maximum Gasteiger partial charge on any atom is 0.138 e. The van der Waals surface area contributed by atoms with Crippen LogP contribution < -0.4 is 0 Å². The zero-order valence-electron chi connectivity index (χ0n) is 23.1. The second kappa shape index (κ2) is 6.98. The van der Waals surface area contributed by atoms with E-state index >= 15 is 0 Å². The van der Waals surface area contributed by atoms with Crippen LogP contribution in [0.4, 0.5) is 0 Å². The molecular formula is C31H50O2. The molecule has 0 bridgehead atoms. The fourth-order valence-electron chi connectivity index (χ4n) is 10.6. The molecular weight excluding hydrogens is 404 g/mol. The molecule has 0 aromatic carbocycles. The van der Waals surface area contributed by atoms with Crippen LogP contribution in [0.5, 0.6) is 0 Å². The standard InChI is InChI=1S/C31H50O2/c1-26(2)14-15-28(5)16-17-30(7)20(21(28)19-26)18-22(33-9)25-29(6)12-11-24(32)27(3,4)23(29)10-13-31(25,30)8/h18,21-23,25H,10-17,19H2,1-9H3/t21-,22+,23-,25+,28+,29-,30+,31+/m0/s1. The fourth-order valence-corrected chi connectivity index (χ4v) is 10.6. The van der Waals surface area contributed by atoms with Crippen molar-refractivity contribution >= 4 is 5.78 Å². The number of fused-ring (bicyclic) bond motifs is 7. The highest BCUT2D eigenvalue weighted by molar-refractivity contribution is 5.85. The van der Waals surface area contributed by atoms with Gasteiger partial charge < -0.3 is 4.74 Å². The molecule has 5 aliphatic rings. The minimum atomic E-state index is -0.212. The lowest BCUT2D eigenvalue weighted by molar-refractivity contribution is -0.209. The summed E-state index contributed by atoms with van der Waals surface area (Å²) in [7, 11) is 1.95. The van der Waals surface area contributed by atoms with Crippen LogP contribution in [0.3, 0.4) is 0 Å². The first-order chi connectivity index (χ1) is 15.1. The van der Waals surface area contributed by atoms with E-state index in [1.54, 1.807) is 5.57 Å². The molecule has 2 nitrogen and oxygen atoms in total. The molecule has 0 aliphatic heterocycles. The highest BCUT2D eigenvalue weighted by Gasteiger charge is 2.69. The van der Waals surface area contributed by atoms with E-state index in [9.17, 15) is 4.79 Å².